The van der Waals surface area contributed by atoms with Gasteiger partial charge in [-0.15, -0.1) is 0 Å². The van der Waals surface area contributed by atoms with Crippen molar-refractivity contribution in [2.75, 3.05) is 7.11 Å². The van der Waals surface area contributed by atoms with Crippen molar-refractivity contribution in [1.82, 2.24) is 0 Å². The Bertz CT molecular complexity index is 160. The van der Waals surface area contributed by atoms with E-state index in [-0.39, 0.29) is 6.42 Å². The molecule has 0 saturated carbocycles. The highest BCUT2D eigenvalue weighted by molar-refractivity contribution is 5.82. The summed E-state index contributed by atoms with van der Waals surface area (Å²) in [6.07, 6.45) is -0.120. The largest absolute Gasteiger partial charge is 0.466 e. The van der Waals surface area contributed by atoms with Crippen LogP contribution < -0.4 is 0 Å². The van der Waals surface area contributed by atoms with Gasteiger partial charge >= 0.3 is 5.97 Å². The van der Waals surface area contributed by atoms with E-state index in [4.69, 9.17) is 10.2 Å². The molecule has 11 heavy (non-hydrogen) atoms. The van der Waals surface area contributed by atoms with Gasteiger partial charge in [-0.3, -0.25) is 0 Å². The standard InChI is InChI=1S/C7H12O4/c1-5(3-6(8)9)4-7(10)11-2/h4,6,8-9H,3H2,1-2H3/b5-4+. The predicted molar refractivity (Wildman–Crippen MR) is 38.6 cm³/mol. The van der Waals surface area contributed by atoms with Gasteiger partial charge in [0.15, 0.2) is 6.29 Å². The average molecular weight is 160 g/mol. The van der Waals surface area contributed by atoms with E-state index in [1.54, 1.807) is 6.92 Å². The van der Waals surface area contributed by atoms with Gasteiger partial charge in [-0.25, -0.2) is 4.79 Å². The molecule has 0 radical (unpaired) electrons. The molecule has 0 atom stereocenters. The molecule has 0 amide bonds. The van der Waals surface area contributed by atoms with Gasteiger partial charge in [-0.1, -0.05) is 5.57 Å². The average Bonchev–Trinajstić information content (AvgIpc) is 1.85. The Balaban J connectivity index is 3.90. The van der Waals surface area contributed by atoms with Gasteiger partial charge in [-0.05, 0) is 6.92 Å². The Kier molecular flexibility index (Phi) is 4.49. The highest BCUT2D eigenvalue weighted by Crippen LogP contribution is 2.02. The normalized spacial score (nSPS) is 11.9. The summed E-state index contributed by atoms with van der Waals surface area (Å²) >= 11 is 0. The molecule has 2 N–H and O–H groups in total. The zero-order valence-electron chi connectivity index (χ0n) is 6.57. The molecule has 0 aliphatic carbocycles. The molecule has 0 aliphatic heterocycles. The first-order valence-electron chi connectivity index (χ1n) is 3.17. The number of aliphatic hydroxyl groups is 2. The van der Waals surface area contributed by atoms with E-state index in [0.29, 0.717) is 5.57 Å². The highest BCUT2D eigenvalue weighted by Gasteiger charge is 2.01. The summed E-state index contributed by atoms with van der Waals surface area (Å²) in [4.78, 5) is 10.5. The van der Waals surface area contributed by atoms with Crippen molar-refractivity contribution in [3.63, 3.8) is 0 Å². The fraction of sp³-hybridized carbons (Fsp3) is 0.571. The monoisotopic (exact) mass is 160 g/mol. The Morgan fingerprint density at radius 1 is 1.64 bits per heavy atom. The Morgan fingerprint density at radius 3 is 2.55 bits per heavy atom. The van der Waals surface area contributed by atoms with E-state index in [0.717, 1.165) is 0 Å². The molecule has 0 rings (SSSR count). The molecule has 4 heteroatoms. The van der Waals surface area contributed by atoms with Crippen LogP contribution in [0, 0.1) is 0 Å². The number of hydrogen-bond donors (Lipinski definition) is 2. The highest BCUT2D eigenvalue weighted by atomic mass is 16.5. The lowest BCUT2D eigenvalue weighted by atomic mass is 10.2. The summed E-state index contributed by atoms with van der Waals surface area (Å²) in [7, 11) is 1.27. The van der Waals surface area contributed by atoms with Crippen LogP contribution in [0.4, 0.5) is 0 Å². The van der Waals surface area contributed by atoms with E-state index in [9.17, 15) is 4.79 Å². The Hall–Kier alpha value is -0.870. The molecule has 0 aliphatic rings. The number of carbonyl (C=O) groups excluding carboxylic acids is 1. The number of ether oxygens (including phenoxy) is 1. The molecule has 0 saturated heterocycles. The number of methoxy groups -OCH3 is 1. The smallest absolute Gasteiger partial charge is 0.330 e. The second-order valence-corrected chi connectivity index (χ2v) is 2.20. The molecule has 0 bridgehead atoms. The third-order valence-corrected chi connectivity index (χ3v) is 1.07. The van der Waals surface area contributed by atoms with E-state index in [2.05, 4.69) is 4.74 Å². The number of carbonyl (C=O) groups is 1. The minimum atomic E-state index is -1.41. The van der Waals surface area contributed by atoms with Crippen molar-refractivity contribution in [3.8, 4) is 0 Å². The maximum atomic E-state index is 10.5. The zero-order chi connectivity index (χ0) is 8.85. The van der Waals surface area contributed by atoms with Crippen LogP contribution in [-0.4, -0.2) is 29.6 Å². The SMILES string of the molecule is COC(=O)/C=C(\C)CC(O)O. The lowest BCUT2D eigenvalue weighted by molar-refractivity contribution is -0.134. The first-order chi connectivity index (χ1) is 5.06. The lowest BCUT2D eigenvalue weighted by Crippen LogP contribution is -2.05. The maximum Gasteiger partial charge on any atom is 0.330 e. The second kappa shape index (κ2) is 4.87. The molecule has 0 spiro atoms. The van der Waals surface area contributed by atoms with Crippen molar-refractivity contribution in [1.29, 1.82) is 0 Å². The van der Waals surface area contributed by atoms with Gasteiger partial charge in [0.2, 0.25) is 0 Å². The molecule has 0 unspecified atom stereocenters. The van der Waals surface area contributed by atoms with Gasteiger partial charge < -0.3 is 14.9 Å². The van der Waals surface area contributed by atoms with Crippen LogP contribution in [0.15, 0.2) is 11.6 Å². The molecular formula is C7H12O4. The van der Waals surface area contributed by atoms with Crippen LogP contribution in [0.2, 0.25) is 0 Å². The fourth-order valence-corrected chi connectivity index (χ4v) is 0.607. The third kappa shape index (κ3) is 5.57. The summed E-state index contributed by atoms with van der Waals surface area (Å²) in [6.45, 7) is 1.62. The maximum absolute atomic E-state index is 10.5. The van der Waals surface area contributed by atoms with Gasteiger partial charge in [0.05, 0.1) is 7.11 Å². The molecule has 64 valence electrons. The molecule has 0 heterocycles. The van der Waals surface area contributed by atoms with Gasteiger partial charge in [-0.2, -0.15) is 0 Å². The van der Waals surface area contributed by atoms with Gasteiger partial charge in [0.1, 0.15) is 0 Å². The van der Waals surface area contributed by atoms with E-state index in [1.807, 2.05) is 0 Å². The summed E-state index contributed by atoms with van der Waals surface area (Å²) < 4.78 is 4.32. The molecule has 0 aromatic carbocycles. The number of rotatable bonds is 3. The van der Waals surface area contributed by atoms with Crippen LogP contribution in [0.3, 0.4) is 0 Å². The first-order valence-corrected chi connectivity index (χ1v) is 3.17. The van der Waals surface area contributed by atoms with E-state index < -0.39 is 12.3 Å². The lowest BCUT2D eigenvalue weighted by Gasteiger charge is -2.01. The van der Waals surface area contributed by atoms with Crippen molar-refractivity contribution in [2.45, 2.75) is 19.6 Å². The topological polar surface area (TPSA) is 66.8 Å². The van der Waals surface area contributed by atoms with Crippen LogP contribution in [0.1, 0.15) is 13.3 Å². The number of aliphatic hydroxyl groups excluding tert-OH is 1. The molecule has 4 nitrogen and oxygen atoms in total. The summed E-state index contributed by atoms with van der Waals surface area (Å²) in [6, 6.07) is 0. The van der Waals surface area contributed by atoms with E-state index >= 15 is 0 Å². The van der Waals surface area contributed by atoms with Crippen LogP contribution in [0.25, 0.3) is 0 Å². The van der Waals surface area contributed by atoms with Crippen LogP contribution in [-0.2, 0) is 9.53 Å². The van der Waals surface area contributed by atoms with Crippen molar-refractivity contribution in [2.24, 2.45) is 0 Å². The number of esters is 1. The van der Waals surface area contributed by atoms with Gasteiger partial charge in [0.25, 0.3) is 0 Å². The zero-order valence-corrected chi connectivity index (χ0v) is 6.57. The van der Waals surface area contributed by atoms with Gasteiger partial charge in [0, 0.05) is 12.5 Å². The molecule has 0 aromatic rings. The first kappa shape index (κ1) is 10.1. The number of hydrogen-bond acceptors (Lipinski definition) is 4. The van der Waals surface area contributed by atoms with Crippen molar-refractivity contribution in [3.05, 3.63) is 11.6 Å². The predicted octanol–water partition coefficient (Wildman–Crippen LogP) is -0.194. The van der Waals surface area contributed by atoms with E-state index in [1.165, 1.54) is 13.2 Å². The van der Waals surface area contributed by atoms with Crippen molar-refractivity contribution < 1.29 is 19.7 Å². The molecule has 0 aromatic heterocycles. The minimum Gasteiger partial charge on any atom is -0.466 e. The molecular weight excluding hydrogens is 148 g/mol. The fourth-order valence-electron chi connectivity index (χ4n) is 0.607. The summed E-state index contributed by atoms with van der Waals surface area (Å²) in [5.41, 5.74) is 0.576. The molecule has 0 fully saturated rings. The second-order valence-electron chi connectivity index (χ2n) is 2.20. The summed E-state index contributed by atoms with van der Waals surface area (Å²) in [5.74, 6) is -0.483. The van der Waals surface area contributed by atoms with Crippen molar-refractivity contribution >= 4 is 5.97 Å². The quantitative estimate of drug-likeness (QED) is 0.341. The Labute approximate surface area is 65.1 Å². The minimum absolute atomic E-state index is 0.0646. The van der Waals surface area contributed by atoms with Crippen LogP contribution >= 0.6 is 0 Å². The third-order valence-electron chi connectivity index (χ3n) is 1.07. The summed E-state index contributed by atoms with van der Waals surface area (Å²) in [5, 5.41) is 16.9. The Morgan fingerprint density at radius 2 is 2.18 bits per heavy atom. The van der Waals surface area contributed by atoms with Crippen LogP contribution in [0.5, 0.6) is 0 Å².